The van der Waals surface area contributed by atoms with Gasteiger partial charge in [0, 0.05) is 18.9 Å². The molecule has 1 aliphatic rings. The number of hydrogen-bond acceptors (Lipinski definition) is 4. The predicted molar refractivity (Wildman–Crippen MR) is 101 cm³/mol. The number of imidazole rings is 1. The number of hydrogen-bond donors (Lipinski definition) is 1. The number of piperidine rings is 1. The molecule has 1 saturated heterocycles. The van der Waals surface area contributed by atoms with Crippen molar-refractivity contribution in [1.82, 2.24) is 19.4 Å². The summed E-state index contributed by atoms with van der Waals surface area (Å²) in [5.74, 6) is 1.15. The lowest BCUT2D eigenvalue weighted by Crippen LogP contribution is -2.30. The minimum Gasteiger partial charge on any atom is -0.379 e. The van der Waals surface area contributed by atoms with Gasteiger partial charge in [-0.1, -0.05) is 12.5 Å². The molecule has 5 nitrogen and oxygen atoms in total. The summed E-state index contributed by atoms with van der Waals surface area (Å²) in [6.07, 6.45) is 5.81. The smallest absolute Gasteiger partial charge is 0.123 e. The molecule has 0 bridgehead atoms. The standard InChI is InChI=1S/C20H25N5/c1-24-19-9-8-16(22-14-17-7-3-4-10-21-17)13-18(19)23-20(24)15-25-11-5-2-6-12-25/h3-4,7-10,13,22H,2,5-6,11-12,14-15H2,1H3. The quantitative estimate of drug-likeness (QED) is 0.774. The number of anilines is 1. The third kappa shape index (κ3) is 3.66. The number of fused-ring (bicyclic) bond motifs is 1. The van der Waals surface area contributed by atoms with Crippen LogP contribution in [0.3, 0.4) is 0 Å². The average Bonchev–Trinajstić information content (AvgIpc) is 2.97. The van der Waals surface area contributed by atoms with Gasteiger partial charge in [0.05, 0.1) is 29.8 Å². The van der Waals surface area contributed by atoms with E-state index in [1.165, 1.54) is 37.9 Å². The summed E-state index contributed by atoms with van der Waals surface area (Å²) >= 11 is 0. The van der Waals surface area contributed by atoms with Gasteiger partial charge < -0.3 is 9.88 Å². The molecule has 0 unspecified atom stereocenters. The summed E-state index contributed by atoms with van der Waals surface area (Å²) < 4.78 is 2.23. The third-order valence-corrected chi connectivity index (χ3v) is 4.99. The van der Waals surface area contributed by atoms with Crippen LogP contribution in [0.5, 0.6) is 0 Å². The molecule has 0 saturated carbocycles. The second-order valence-electron chi connectivity index (χ2n) is 6.80. The maximum atomic E-state index is 4.89. The van der Waals surface area contributed by atoms with Gasteiger partial charge in [-0.3, -0.25) is 9.88 Å². The number of pyridine rings is 1. The molecule has 0 aliphatic carbocycles. The summed E-state index contributed by atoms with van der Waals surface area (Å²) in [4.78, 5) is 11.8. The van der Waals surface area contributed by atoms with Gasteiger partial charge in [0.15, 0.2) is 0 Å². The highest BCUT2D eigenvalue weighted by molar-refractivity contribution is 5.80. The first-order chi connectivity index (χ1) is 12.3. The molecule has 130 valence electrons. The number of nitrogens with one attached hydrogen (secondary N) is 1. The molecule has 25 heavy (non-hydrogen) atoms. The van der Waals surface area contributed by atoms with Gasteiger partial charge in [0.25, 0.3) is 0 Å². The molecule has 3 aromatic rings. The fourth-order valence-corrected chi connectivity index (χ4v) is 3.51. The van der Waals surface area contributed by atoms with Crippen LogP contribution in [0.2, 0.25) is 0 Å². The Morgan fingerprint density at radius 2 is 1.96 bits per heavy atom. The molecular weight excluding hydrogens is 310 g/mol. The van der Waals surface area contributed by atoms with E-state index in [1.807, 2.05) is 24.4 Å². The van der Waals surface area contributed by atoms with E-state index in [0.29, 0.717) is 0 Å². The Kier molecular flexibility index (Phi) is 4.65. The van der Waals surface area contributed by atoms with Crippen LogP contribution in [0, 0.1) is 0 Å². The van der Waals surface area contributed by atoms with Crippen LogP contribution in [-0.2, 0) is 20.1 Å². The average molecular weight is 335 g/mol. The summed E-state index contributed by atoms with van der Waals surface area (Å²) in [5.41, 5.74) is 4.37. The van der Waals surface area contributed by atoms with Crippen LogP contribution in [0.25, 0.3) is 11.0 Å². The number of aryl methyl sites for hydroxylation is 1. The topological polar surface area (TPSA) is 46.0 Å². The molecule has 1 aromatic carbocycles. The first-order valence-corrected chi connectivity index (χ1v) is 9.11. The van der Waals surface area contributed by atoms with Gasteiger partial charge in [0.1, 0.15) is 5.82 Å². The maximum Gasteiger partial charge on any atom is 0.123 e. The number of aromatic nitrogens is 3. The molecule has 1 aliphatic heterocycles. The van der Waals surface area contributed by atoms with E-state index >= 15 is 0 Å². The molecule has 3 heterocycles. The van der Waals surface area contributed by atoms with Gasteiger partial charge >= 0.3 is 0 Å². The predicted octanol–water partition coefficient (Wildman–Crippen LogP) is 3.57. The zero-order valence-corrected chi connectivity index (χ0v) is 14.8. The van der Waals surface area contributed by atoms with Crippen molar-refractivity contribution < 1.29 is 0 Å². The fraction of sp³-hybridized carbons (Fsp3) is 0.400. The highest BCUT2D eigenvalue weighted by Crippen LogP contribution is 2.21. The molecule has 0 spiro atoms. The summed E-state index contributed by atoms with van der Waals surface area (Å²) in [7, 11) is 2.12. The minimum atomic E-state index is 0.722. The fourth-order valence-electron chi connectivity index (χ4n) is 3.51. The molecule has 5 heteroatoms. The lowest BCUT2D eigenvalue weighted by atomic mass is 10.1. The Morgan fingerprint density at radius 1 is 1.08 bits per heavy atom. The first-order valence-electron chi connectivity index (χ1n) is 9.11. The molecule has 0 radical (unpaired) electrons. The molecular formula is C20H25N5. The molecule has 4 rings (SSSR count). The van der Waals surface area contributed by atoms with Crippen LogP contribution in [0.4, 0.5) is 5.69 Å². The molecule has 0 amide bonds. The van der Waals surface area contributed by atoms with Crippen molar-refractivity contribution in [1.29, 1.82) is 0 Å². The summed E-state index contributed by atoms with van der Waals surface area (Å²) in [6.45, 7) is 4.06. The summed E-state index contributed by atoms with van der Waals surface area (Å²) in [6, 6.07) is 12.4. The van der Waals surface area contributed by atoms with Crippen molar-refractivity contribution in [3.8, 4) is 0 Å². The number of likely N-dealkylation sites (tertiary alicyclic amines) is 1. The molecule has 2 aromatic heterocycles. The van der Waals surface area contributed by atoms with Crippen molar-refractivity contribution in [3.05, 3.63) is 54.1 Å². The Hall–Kier alpha value is -2.40. The van der Waals surface area contributed by atoms with Gasteiger partial charge in [0.2, 0.25) is 0 Å². The van der Waals surface area contributed by atoms with E-state index < -0.39 is 0 Å². The second kappa shape index (κ2) is 7.23. The van der Waals surface area contributed by atoms with Gasteiger partial charge in [-0.25, -0.2) is 4.98 Å². The molecule has 1 fully saturated rings. The van der Waals surface area contributed by atoms with Crippen LogP contribution in [0.1, 0.15) is 30.8 Å². The SMILES string of the molecule is Cn1c(CN2CCCCC2)nc2cc(NCc3ccccn3)ccc21. The van der Waals surface area contributed by atoms with Crippen molar-refractivity contribution in [2.75, 3.05) is 18.4 Å². The van der Waals surface area contributed by atoms with E-state index in [2.05, 4.69) is 45.0 Å². The lowest BCUT2D eigenvalue weighted by Gasteiger charge is -2.25. The molecule has 0 atom stereocenters. The van der Waals surface area contributed by atoms with Crippen LogP contribution < -0.4 is 5.32 Å². The van der Waals surface area contributed by atoms with Crippen molar-refractivity contribution in [3.63, 3.8) is 0 Å². The largest absolute Gasteiger partial charge is 0.379 e. The lowest BCUT2D eigenvalue weighted by molar-refractivity contribution is 0.214. The van der Waals surface area contributed by atoms with Gasteiger partial charge in [-0.05, 0) is 56.3 Å². The Labute approximate surface area is 148 Å². The van der Waals surface area contributed by atoms with E-state index in [-0.39, 0.29) is 0 Å². The third-order valence-electron chi connectivity index (χ3n) is 4.99. The number of nitrogens with zero attached hydrogens (tertiary/aromatic N) is 4. The summed E-state index contributed by atoms with van der Waals surface area (Å²) in [5, 5.41) is 3.44. The maximum absolute atomic E-state index is 4.89. The van der Waals surface area contributed by atoms with Crippen LogP contribution in [-0.4, -0.2) is 32.5 Å². The number of rotatable bonds is 5. The molecule has 1 N–H and O–H groups in total. The second-order valence-corrected chi connectivity index (χ2v) is 6.80. The van der Waals surface area contributed by atoms with E-state index in [1.54, 1.807) is 0 Å². The zero-order valence-electron chi connectivity index (χ0n) is 14.8. The van der Waals surface area contributed by atoms with E-state index in [4.69, 9.17) is 4.98 Å². The normalized spacial score (nSPS) is 15.6. The van der Waals surface area contributed by atoms with Crippen molar-refractivity contribution >= 4 is 16.7 Å². The Balaban J connectivity index is 1.50. The van der Waals surface area contributed by atoms with Crippen molar-refractivity contribution in [2.24, 2.45) is 7.05 Å². The Bertz CT molecular complexity index is 834. The minimum absolute atomic E-state index is 0.722. The van der Waals surface area contributed by atoms with Crippen molar-refractivity contribution in [2.45, 2.75) is 32.4 Å². The highest BCUT2D eigenvalue weighted by atomic mass is 15.2. The van der Waals surface area contributed by atoms with E-state index in [9.17, 15) is 0 Å². The zero-order chi connectivity index (χ0) is 17.1. The highest BCUT2D eigenvalue weighted by Gasteiger charge is 2.15. The first kappa shape index (κ1) is 16.1. The monoisotopic (exact) mass is 335 g/mol. The van der Waals surface area contributed by atoms with Gasteiger partial charge in [-0.15, -0.1) is 0 Å². The van der Waals surface area contributed by atoms with Gasteiger partial charge in [-0.2, -0.15) is 0 Å². The van der Waals surface area contributed by atoms with E-state index in [0.717, 1.165) is 35.8 Å². The Morgan fingerprint density at radius 3 is 2.76 bits per heavy atom. The van der Waals surface area contributed by atoms with Crippen LogP contribution in [0.15, 0.2) is 42.6 Å². The van der Waals surface area contributed by atoms with Crippen LogP contribution >= 0.6 is 0 Å². The number of benzene rings is 1.